The van der Waals surface area contributed by atoms with Gasteiger partial charge in [0.2, 0.25) is 0 Å². The molecule has 0 atom stereocenters. The first kappa shape index (κ1) is 11.9. The molecule has 0 heterocycles. The van der Waals surface area contributed by atoms with E-state index in [0.717, 1.165) is 5.69 Å². The van der Waals surface area contributed by atoms with Gasteiger partial charge in [-0.25, -0.2) is 0 Å². The second-order valence-electron chi connectivity index (χ2n) is 2.28. The SMILES string of the molecule is Cc1ccc(NC(=S)[S-])cc1.[Li+]. The Balaban J connectivity index is 0.00000121. The fourth-order valence-electron chi connectivity index (χ4n) is 0.755. The van der Waals surface area contributed by atoms with Crippen molar-refractivity contribution in [2.45, 2.75) is 6.92 Å². The summed E-state index contributed by atoms with van der Waals surface area (Å²) in [5.74, 6) is 0. The molecule has 1 N–H and O–H groups in total. The minimum atomic E-state index is 0. The minimum Gasteiger partial charge on any atom is -0.411 e. The summed E-state index contributed by atoms with van der Waals surface area (Å²) >= 11 is 9.43. The Morgan fingerprint density at radius 1 is 1.33 bits per heavy atom. The van der Waals surface area contributed by atoms with E-state index in [1.165, 1.54) is 5.56 Å². The summed E-state index contributed by atoms with van der Waals surface area (Å²) in [7, 11) is 0. The van der Waals surface area contributed by atoms with Crippen molar-refractivity contribution in [3.8, 4) is 0 Å². The predicted molar refractivity (Wildman–Crippen MR) is 54.8 cm³/mol. The third-order valence-electron chi connectivity index (χ3n) is 1.30. The third-order valence-corrected chi connectivity index (χ3v) is 1.50. The molecule has 1 aromatic rings. The summed E-state index contributed by atoms with van der Waals surface area (Å²) < 4.78 is 0.383. The molecule has 0 bridgehead atoms. The predicted octanol–water partition coefficient (Wildman–Crippen LogP) is -0.757. The third kappa shape index (κ3) is 4.08. The molecule has 0 aromatic heterocycles. The van der Waals surface area contributed by atoms with Gasteiger partial charge >= 0.3 is 18.9 Å². The van der Waals surface area contributed by atoms with Gasteiger partial charge in [-0.3, -0.25) is 0 Å². The van der Waals surface area contributed by atoms with E-state index in [9.17, 15) is 0 Å². The molecule has 0 unspecified atom stereocenters. The first-order valence-corrected chi connectivity index (χ1v) is 4.05. The largest absolute Gasteiger partial charge is 1.00 e. The van der Waals surface area contributed by atoms with Crippen molar-refractivity contribution in [2.24, 2.45) is 0 Å². The van der Waals surface area contributed by atoms with Gasteiger partial charge in [0.15, 0.2) is 0 Å². The fraction of sp³-hybridized carbons (Fsp3) is 0.125. The van der Waals surface area contributed by atoms with Crippen LogP contribution in [0, 0.1) is 6.92 Å². The van der Waals surface area contributed by atoms with Crippen LogP contribution in [0.4, 0.5) is 5.69 Å². The van der Waals surface area contributed by atoms with Crippen LogP contribution in [-0.4, -0.2) is 4.32 Å². The molecule has 0 saturated carbocycles. The summed E-state index contributed by atoms with van der Waals surface area (Å²) in [6.45, 7) is 2.04. The molecule has 58 valence electrons. The molecule has 1 aromatic carbocycles. The normalized spacial score (nSPS) is 8.42. The molecule has 0 saturated heterocycles. The molecule has 1 nitrogen and oxygen atoms in total. The second kappa shape index (κ2) is 5.55. The van der Waals surface area contributed by atoms with Crippen molar-refractivity contribution in [3.05, 3.63) is 29.8 Å². The summed E-state index contributed by atoms with van der Waals surface area (Å²) in [4.78, 5) is 0. The fourth-order valence-corrected chi connectivity index (χ4v) is 0.990. The van der Waals surface area contributed by atoms with E-state index in [2.05, 4.69) is 5.32 Å². The number of hydrogen-bond acceptors (Lipinski definition) is 2. The Morgan fingerprint density at radius 3 is 2.25 bits per heavy atom. The summed E-state index contributed by atoms with van der Waals surface area (Å²) in [6.07, 6.45) is 0. The monoisotopic (exact) mass is 189 g/mol. The van der Waals surface area contributed by atoms with Crippen LogP contribution in [0.15, 0.2) is 24.3 Å². The molecular formula is C8H8LiNS2. The molecule has 0 spiro atoms. The van der Waals surface area contributed by atoms with E-state index >= 15 is 0 Å². The van der Waals surface area contributed by atoms with Crippen LogP contribution in [0.1, 0.15) is 5.56 Å². The van der Waals surface area contributed by atoms with Crippen LogP contribution in [0.3, 0.4) is 0 Å². The van der Waals surface area contributed by atoms with Gasteiger partial charge in [-0.05, 0) is 19.1 Å². The number of thiocarbonyl (C=S) groups is 1. The number of benzene rings is 1. The topological polar surface area (TPSA) is 12.0 Å². The first-order valence-electron chi connectivity index (χ1n) is 3.23. The zero-order chi connectivity index (χ0) is 8.27. The van der Waals surface area contributed by atoms with Gasteiger partial charge in [0.1, 0.15) is 0 Å². The maximum absolute atomic E-state index is 4.71. The van der Waals surface area contributed by atoms with Gasteiger partial charge in [-0.15, -0.1) is 0 Å². The number of rotatable bonds is 1. The zero-order valence-corrected chi connectivity index (χ0v) is 8.76. The van der Waals surface area contributed by atoms with Crippen molar-refractivity contribution in [2.75, 3.05) is 5.32 Å². The smallest absolute Gasteiger partial charge is 0.411 e. The summed E-state index contributed by atoms with van der Waals surface area (Å²) in [6, 6.07) is 7.92. The molecule has 0 aliphatic carbocycles. The van der Waals surface area contributed by atoms with Gasteiger partial charge in [0.05, 0.1) is 0 Å². The molecule has 0 aliphatic rings. The van der Waals surface area contributed by atoms with Gasteiger partial charge in [0.25, 0.3) is 0 Å². The van der Waals surface area contributed by atoms with E-state index in [-0.39, 0.29) is 18.9 Å². The van der Waals surface area contributed by atoms with Crippen LogP contribution in [0.25, 0.3) is 0 Å². The van der Waals surface area contributed by atoms with Gasteiger partial charge in [-0.2, -0.15) is 0 Å². The molecule has 4 heteroatoms. The Hall–Kier alpha value is -0.0726. The van der Waals surface area contributed by atoms with Gasteiger partial charge in [0, 0.05) is 5.69 Å². The molecule has 0 aliphatic heterocycles. The Morgan fingerprint density at radius 2 is 1.83 bits per heavy atom. The average Bonchev–Trinajstić information content (AvgIpc) is 1.93. The van der Waals surface area contributed by atoms with Crippen LogP contribution < -0.4 is 24.2 Å². The van der Waals surface area contributed by atoms with Crippen LogP contribution >= 0.6 is 12.2 Å². The summed E-state index contributed by atoms with van der Waals surface area (Å²) in [5.41, 5.74) is 2.18. The van der Waals surface area contributed by atoms with E-state index in [1.807, 2.05) is 31.2 Å². The minimum absolute atomic E-state index is 0. The van der Waals surface area contributed by atoms with E-state index in [0.29, 0.717) is 4.32 Å². The Labute approximate surface area is 95.5 Å². The van der Waals surface area contributed by atoms with Crippen molar-refractivity contribution in [3.63, 3.8) is 0 Å². The number of hydrogen-bond donors (Lipinski definition) is 1. The molecule has 0 radical (unpaired) electrons. The zero-order valence-electron chi connectivity index (χ0n) is 7.13. The van der Waals surface area contributed by atoms with Gasteiger partial charge in [-0.1, -0.05) is 22.0 Å². The van der Waals surface area contributed by atoms with Crippen molar-refractivity contribution < 1.29 is 18.9 Å². The van der Waals surface area contributed by atoms with Gasteiger partial charge < -0.3 is 30.2 Å². The quantitative estimate of drug-likeness (QED) is 0.354. The van der Waals surface area contributed by atoms with Crippen molar-refractivity contribution in [1.29, 1.82) is 0 Å². The maximum atomic E-state index is 4.71. The second-order valence-corrected chi connectivity index (χ2v) is 3.35. The van der Waals surface area contributed by atoms with E-state index in [1.54, 1.807) is 0 Å². The van der Waals surface area contributed by atoms with Crippen molar-refractivity contribution in [1.82, 2.24) is 0 Å². The van der Waals surface area contributed by atoms with E-state index < -0.39 is 0 Å². The Kier molecular flexibility index (Phi) is 5.52. The number of anilines is 1. The Bertz CT molecular complexity index is 258. The molecule has 1 rings (SSSR count). The van der Waals surface area contributed by atoms with Crippen LogP contribution in [-0.2, 0) is 12.6 Å². The van der Waals surface area contributed by atoms with Crippen molar-refractivity contribution >= 4 is 34.9 Å². The van der Waals surface area contributed by atoms with Crippen LogP contribution in [0.5, 0.6) is 0 Å². The molecule has 0 amide bonds. The standard InChI is InChI=1S/C8H9NS2.Li/c1-6-2-4-7(5-3-6)9-8(10)11;/h2-5H,1H3,(H2,9,10,11);/q;+1/p-1. The molecule has 0 fully saturated rings. The first-order chi connectivity index (χ1) is 5.18. The number of aryl methyl sites for hydroxylation is 1. The molecule has 12 heavy (non-hydrogen) atoms. The van der Waals surface area contributed by atoms with Crippen LogP contribution in [0.2, 0.25) is 0 Å². The summed E-state index contributed by atoms with van der Waals surface area (Å²) in [5, 5.41) is 2.88. The average molecular weight is 189 g/mol. The number of nitrogens with one attached hydrogen (secondary N) is 1. The molecular weight excluding hydrogens is 181 g/mol. The maximum Gasteiger partial charge on any atom is 1.00 e. The van der Waals surface area contributed by atoms with E-state index in [4.69, 9.17) is 24.8 Å².